The van der Waals surface area contributed by atoms with E-state index in [1.807, 2.05) is 0 Å². The van der Waals surface area contributed by atoms with E-state index in [0.29, 0.717) is 6.92 Å². The van der Waals surface area contributed by atoms with Crippen LogP contribution in [-0.2, 0) is 5.92 Å². The fourth-order valence-corrected chi connectivity index (χ4v) is 2.33. The largest absolute Gasteiger partial charge is 0.460 e. The number of ether oxygens (including phenoxy) is 1. The van der Waals surface area contributed by atoms with Crippen LogP contribution in [0, 0.1) is 5.82 Å². The molecule has 0 aliphatic carbocycles. The zero-order chi connectivity index (χ0) is 20.9. The van der Waals surface area contributed by atoms with Gasteiger partial charge in [0.2, 0.25) is 0 Å². The summed E-state index contributed by atoms with van der Waals surface area (Å²) in [4.78, 5) is 11.2. The summed E-state index contributed by atoms with van der Waals surface area (Å²) in [5, 5.41) is 0. The molecule has 5 nitrogen and oxygen atoms in total. The summed E-state index contributed by atoms with van der Waals surface area (Å²) in [6.07, 6.45) is -1.32. The number of fused-ring (bicyclic) bond motifs is 1. The highest BCUT2D eigenvalue weighted by Gasteiger charge is 2.50. The van der Waals surface area contributed by atoms with Gasteiger partial charge in [-0.1, -0.05) is 0 Å². The van der Waals surface area contributed by atoms with Crippen LogP contribution in [0.1, 0.15) is 26.5 Å². The number of imidazole rings is 1. The van der Waals surface area contributed by atoms with E-state index in [2.05, 4.69) is 19.7 Å². The first-order valence-corrected chi connectivity index (χ1v) is 7.92. The number of aromatic nitrogens is 4. The van der Waals surface area contributed by atoms with Crippen molar-refractivity contribution < 1.29 is 31.1 Å². The number of pyridine rings is 1. The second kappa shape index (κ2) is 6.35. The first kappa shape index (κ1) is 19.9. The second-order valence-corrected chi connectivity index (χ2v) is 6.67. The topological polar surface area (TPSA) is 52.3 Å². The zero-order valence-electron chi connectivity index (χ0n) is 14.9. The van der Waals surface area contributed by atoms with Crippen LogP contribution in [0.4, 0.5) is 26.3 Å². The van der Waals surface area contributed by atoms with E-state index in [1.54, 1.807) is 0 Å². The quantitative estimate of drug-likeness (QED) is 0.589. The van der Waals surface area contributed by atoms with Crippen molar-refractivity contribution in [3.8, 4) is 17.1 Å². The molecule has 150 valence electrons. The van der Waals surface area contributed by atoms with Crippen molar-refractivity contribution in [2.75, 3.05) is 0 Å². The third-order valence-electron chi connectivity index (χ3n) is 3.98. The van der Waals surface area contributed by atoms with Crippen LogP contribution in [-0.4, -0.2) is 31.1 Å². The first-order valence-electron chi connectivity index (χ1n) is 7.92. The predicted molar refractivity (Wildman–Crippen MR) is 86.5 cm³/mol. The number of hydrogen-bond donors (Lipinski definition) is 0. The highest BCUT2D eigenvalue weighted by atomic mass is 19.4. The fraction of sp³-hybridized carbons (Fsp3) is 0.353. The highest BCUT2D eigenvalue weighted by molar-refractivity contribution is 5.66. The van der Waals surface area contributed by atoms with Crippen LogP contribution in [0.25, 0.3) is 16.8 Å². The molecule has 3 heterocycles. The highest BCUT2D eigenvalue weighted by Crippen LogP contribution is 2.35. The van der Waals surface area contributed by atoms with Gasteiger partial charge in [0, 0.05) is 18.7 Å². The Balaban J connectivity index is 1.98. The Kier molecular flexibility index (Phi) is 4.51. The van der Waals surface area contributed by atoms with Crippen LogP contribution < -0.4 is 4.74 Å². The summed E-state index contributed by atoms with van der Waals surface area (Å²) < 4.78 is 86.2. The lowest BCUT2D eigenvalue weighted by Gasteiger charge is -2.28. The molecule has 0 saturated heterocycles. The number of rotatable bonds is 4. The van der Waals surface area contributed by atoms with E-state index in [1.165, 1.54) is 16.8 Å². The van der Waals surface area contributed by atoms with E-state index in [-0.39, 0.29) is 16.8 Å². The minimum Gasteiger partial charge on any atom is -0.460 e. The third kappa shape index (κ3) is 3.60. The molecular weight excluding hydrogens is 390 g/mol. The Hall–Kier alpha value is -2.85. The molecule has 0 bridgehead atoms. The molecule has 0 aromatic carbocycles. The van der Waals surface area contributed by atoms with Gasteiger partial charge in [0.05, 0.1) is 11.2 Å². The minimum atomic E-state index is -4.74. The molecule has 0 saturated carbocycles. The standard InChI is InChI=1S/C17H14F6N4O/c1-15(2,17(21,22)23)28-14-10(18)4-9(6-24-14)11-5-12-13(16(3,19)20)26-8-27(12)7-25-11/h4-8H,1-3H3. The molecule has 11 heteroatoms. The maximum Gasteiger partial charge on any atom is 0.427 e. The van der Waals surface area contributed by atoms with Gasteiger partial charge >= 0.3 is 6.18 Å². The van der Waals surface area contributed by atoms with E-state index in [0.717, 1.165) is 32.4 Å². The number of halogens is 6. The van der Waals surface area contributed by atoms with Gasteiger partial charge in [0.25, 0.3) is 11.8 Å². The lowest BCUT2D eigenvalue weighted by atomic mass is 10.1. The molecule has 0 unspecified atom stereocenters. The maximum absolute atomic E-state index is 14.3. The van der Waals surface area contributed by atoms with Crippen LogP contribution >= 0.6 is 0 Å². The summed E-state index contributed by atoms with van der Waals surface area (Å²) in [6.45, 7) is 2.17. The molecule has 28 heavy (non-hydrogen) atoms. The molecule has 0 atom stereocenters. The Bertz CT molecular complexity index is 1020. The normalized spacial score (nSPS) is 13.2. The fourth-order valence-electron chi connectivity index (χ4n) is 2.33. The van der Waals surface area contributed by atoms with Crippen LogP contribution in [0.15, 0.2) is 31.0 Å². The van der Waals surface area contributed by atoms with Gasteiger partial charge in [-0.15, -0.1) is 0 Å². The van der Waals surface area contributed by atoms with Crippen LogP contribution in [0.5, 0.6) is 5.88 Å². The van der Waals surface area contributed by atoms with Crippen molar-refractivity contribution in [3.63, 3.8) is 0 Å². The molecule has 3 aromatic heterocycles. The van der Waals surface area contributed by atoms with Crippen molar-refractivity contribution in [2.24, 2.45) is 0 Å². The molecule has 0 spiro atoms. The lowest BCUT2D eigenvalue weighted by Crippen LogP contribution is -2.45. The maximum atomic E-state index is 14.3. The Morgan fingerprint density at radius 2 is 1.57 bits per heavy atom. The van der Waals surface area contributed by atoms with E-state index in [9.17, 15) is 26.3 Å². The monoisotopic (exact) mass is 404 g/mol. The molecule has 3 rings (SSSR count). The van der Waals surface area contributed by atoms with Crippen molar-refractivity contribution in [2.45, 2.75) is 38.5 Å². The molecule has 0 aliphatic rings. The van der Waals surface area contributed by atoms with E-state index < -0.39 is 35.1 Å². The third-order valence-corrected chi connectivity index (χ3v) is 3.98. The van der Waals surface area contributed by atoms with Crippen molar-refractivity contribution in [3.05, 3.63) is 42.5 Å². The van der Waals surface area contributed by atoms with E-state index in [4.69, 9.17) is 0 Å². The number of alkyl halides is 5. The van der Waals surface area contributed by atoms with Gasteiger partial charge in [0.15, 0.2) is 11.4 Å². The summed E-state index contributed by atoms with van der Waals surface area (Å²) >= 11 is 0. The molecule has 3 aromatic rings. The Morgan fingerprint density at radius 1 is 0.929 bits per heavy atom. The summed E-state index contributed by atoms with van der Waals surface area (Å²) in [5.41, 5.74) is -2.93. The molecule has 0 N–H and O–H groups in total. The average Bonchev–Trinajstić information content (AvgIpc) is 2.98. The summed E-state index contributed by atoms with van der Waals surface area (Å²) in [5.74, 6) is -5.19. The smallest absolute Gasteiger partial charge is 0.427 e. The van der Waals surface area contributed by atoms with Gasteiger partial charge in [0.1, 0.15) is 18.3 Å². The van der Waals surface area contributed by atoms with Gasteiger partial charge < -0.3 is 4.74 Å². The van der Waals surface area contributed by atoms with Gasteiger partial charge in [-0.3, -0.25) is 4.40 Å². The predicted octanol–water partition coefficient (Wildman–Crippen LogP) is 4.76. The Labute approximate surface area is 155 Å². The molecule has 0 amide bonds. The van der Waals surface area contributed by atoms with Crippen molar-refractivity contribution in [1.29, 1.82) is 0 Å². The SMILES string of the molecule is CC(F)(F)c1ncn2cnc(-c3cnc(OC(C)(C)C(F)(F)F)c(F)c3)cc12. The molecular formula is C17H14F6N4O. The van der Waals surface area contributed by atoms with Gasteiger partial charge in [-0.2, -0.15) is 22.0 Å². The Morgan fingerprint density at radius 3 is 2.14 bits per heavy atom. The molecule has 0 aliphatic heterocycles. The van der Waals surface area contributed by atoms with E-state index >= 15 is 0 Å². The second-order valence-electron chi connectivity index (χ2n) is 6.67. The van der Waals surface area contributed by atoms with Gasteiger partial charge in [-0.05, 0) is 26.0 Å². The number of hydrogen-bond acceptors (Lipinski definition) is 4. The lowest BCUT2D eigenvalue weighted by molar-refractivity contribution is -0.235. The summed E-state index contributed by atoms with van der Waals surface area (Å²) in [7, 11) is 0. The number of nitrogens with zero attached hydrogens (tertiary/aromatic N) is 4. The van der Waals surface area contributed by atoms with Crippen molar-refractivity contribution >= 4 is 5.52 Å². The zero-order valence-corrected chi connectivity index (χ0v) is 14.9. The first-order chi connectivity index (χ1) is 12.8. The van der Waals surface area contributed by atoms with Crippen molar-refractivity contribution in [1.82, 2.24) is 19.4 Å². The van der Waals surface area contributed by atoms with Crippen LogP contribution in [0.3, 0.4) is 0 Å². The van der Waals surface area contributed by atoms with Gasteiger partial charge in [-0.25, -0.2) is 19.3 Å². The van der Waals surface area contributed by atoms with Crippen LogP contribution in [0.2, 0.25) is 0 Å². The minimum absolute atomic E-state index is 0.0523. The molecule has 0 radical (unpaired) electrons. The average molecular weight is 404 g/mol. The summed E-state index contributed by atoms with van der Waals surface area (Å²) in [6, 6.07) is 2.13. The molecule has 0 fully saturated rings.